The first kappa shape index (κ1) is 28.9. The number of fused-ring (bicyclic) bond motifs is 3. The summed E-state index contributed by atoms with van der Waals surface area (Å²) in [5.41, 5.74) is 2.65. The Bertz CT molecular complexity index is 1920. The molecule has 3 atom stereocenters. The Kier molecular flexibility index (Phi) is 6.60. The van der Waals surface area contributed by atoms with Gasteiger partial charge in [0.2, 0.25) is 0 Å². The van der Waals surface area contributed by atoms with Gasteiger partial charge in [-0.2, -0.15) is 5.26 Å². The number of halogens is 1. The summed E-state index contributed by atoms with van der Waals surface area (Å²) >= 11 is 6.08. The molecule has 2 aliphatic heterocycles. The van der Waals surface area contributed by atoms with Gasteiger partial charge in [0, 0.05) is 44.8 Å². The van der Waals surface area contributed by atoms with Crippen molar-refractivity contribution in [1.29, 1.82) is 5.26 Å². The Hall–Kier alpha value is -4.53. The lowest BCUT2D eigenvalue weighted by Gasteiger charge is -2.54. The summed E-state index contributed by atoms with van der Waals surface area (Å²) in [5, 5.41) is 20.3. The van der Waals surface area contributed by atoms with E-state index in [1.807, 2.05) is 25.1 Å². The Morgan fingerprint density at radius 3 is 2.67 bits per heavy atom. The second-order valence-electron chi connectivity index (χ2n) is 12.8. The number of para-hydroxylation sites is 1. The van der Waals surface area contributed by atoms with Gasteiger partial charge in [0.1, 0.15) is 22.8 Å². The van der Waals surface area contributed by atoms with Gasteiger partial charge >= 0.3 is 5.97 Å². The number of benzene rings is 2. The average molecular weight is 641 g/mol. The summed E-state index contributed by atoms with van der Waals surface area (Å²) in [6.45, 7) is 4.52. The van der Waals surface area contributed by atoms with Crippen molar-refractivity contribution in [2.24, 2.45) is 5.41 Å². The lowest BCUT2D eigenvalue weighted by molar-refractivity contribution is -0.0717. The van der Waals surface area contributed by atoms with E-state index in [2.05, 4.69) is 31.5 Å². The largest absolute Gasteiger partial charge is 0.494 e. The quantitative estimate of drug-likeness (QED) is 0.260. The van der Waals surface area contributed by atoms with Gasteiger partial charge in [-0.1, -0.05) is 17.7 Å². The molecule has 4 aliphatic rings. The highest BCUT2D eigenvalue weighted by Crippen LogP contribution is 2.51. The predicted molar refractivity (Wildman–Crippen MR) is 169 cm³/mol. The number of piperazine rings is 1. The fourth-order valence-corrected chi connectivity index (χ4v) is 7.27. The summed E-state index contributed by atoms with van der Waals surface area (Å²) in [6, 6.07) is 15.9. The van der Waals surface area contributed by atoms with Crippen LogP contribution in [0.2, 0.25) is 5.02 Å². The third-order valence-corrected chi connectivity index (χ3v) is 10.2. The molecule has 46 heavy (non-hydrogen) atoms. The van der Waals surface area contributed by atoms with Gasteiger partial charge in [-0.3, -0.25) is 9.88 Å². The molecule has 0 unspecified atom stereocenters. The first-order chi connectivity index (χ1) is 22.2. The predicted octanol–water partition coefficient (Wildman–Crippen LogP) is 5.59. The van der Waals surface area contributed by atoms with Gasteiger partial charge < -0.3 is 28.8 Å². The third kappa shape index (κ3) is 4.62. The monoisotopic (exact) mass is 640 g/mol. The van der Waals surface area contributed by atoms with Crippen LogP contribution in [0.25, 0.3) is 11.0 Å². The van der Waals surface area contributed by atoms with Crippen LogP contribution in [0, 0.1) is 16.7 Å². The van der Waals surface area contributed by atoms with Crippen molar-refractivity contribution in [3.63, 3.8) is 0 Å². The standard InChI is InChI=1S/C34H33ClN6O5/c1-33(28-9-6-21(35)16-37-28)45-26-5-3-4-24(31(26)46-33)40-13-12-39(22-7-8-23(22)40)17-29-38-30-25(41(29)19-34(18-36)10-11-34)14-20(32(42)43)15-27(30)44-2/h3-6,9,14-16,22-23H,7-8,10-13,17,19H2,1-2H3,(H,42,43)/t22-,23+,33+/m1/s1. The molecule has 2 aliphatic carbocycles. The van der Waals surface area contributed by atoms with E-state index >= 15 is 0 Å². The average Bonchev–Trinajstić information content (AvgIpc) is 3.60. The number of carbonyl (C=O) groups is 1. The van der Waals surface area contributed by atoms with Gasteiger partial charge in [-0.25, -0.2) is 9.78 Å². The van der Waals surface area contributed by atoms with Crippen LogP contribution in [0.3, 0.4) is 0 Å². The van der Waals surface area contributed by atoms with E-state index in [4.69, 9.17) is 30.8 Å². The molecule has 4 aromatic rings. The zero-order valence-electron chi connectivity index (χ0n) is 25.6. The number of nitrogens with zero attached hydrogens (tertiary/aromatic N) is 6. The molecule has 0 spiro atoms. The SMILES string of the molecule is COc1cc(C(=O)O)cc2c1nc(CN1CCN(c3cccc4c3O[C@@](C)(c3ccc(Cl)cn3)O4)[C@H]3CC[C@H]31)n2CC1(C#N)CC1. The lowest BCUT2D eigenvalue weighted by atomic mass is 9.81. The number of nitriles is 1. The first-order valence-corrected chi connectivity index (χ1v) is 15.9. The Labute approximate surface area is 270 Å². The number of pyridine rings is 1. The molecule has 11 nitrogen and oxygen atoms in total. The molecule has 3 fully saturated rings. The molecule has 2 saturated carbocycles. The minimum Gasteiger partial charge on any atom is -0.494 e. The van der Waals surface area contributed by atoms with E-state index in [9.17, 15) is 15.2 Å². The van der Waals surface area contributed by atoms with Gasteiger partial charge in [-0.15, -0.1) is 0 Å². The summed E-state index contributed by atoms with van der Waals surface area (Å²) in [7, 11) is 1.53. The van der Waals surface area contributed by atoms with E-state index in [1.165, 1.54) is 13.2 Å². The van der Waals surface area contributed by atoms with Crippen LogP contribution in [-0.2, 0) is 18.9 Å². The van der Waals surface area contributed by atoms with E-state index in [-0.39, 0.29) is 11.6 Å². The topological polar surface area (TPSA) is 126 Å². The molecule has 236 valence electrons. The van der Waals surface area contributed by atoms with Gasteiger partial charge in [0.05, 0.1) is 46.9 Å². The number of hydrogen-bond acceptors (Lipinski definition) is 9. The number of aromatic nitrogens is 3. The molecule has 2 aromatic heterocycles. The van der Waals surface area contributed by atoms with Crippen LogP contribution in [0.4, 0.5) is 5.69 Å². The molecule has 4 heterocycles. The Morgan fingerprint density at radius 2 is 2.00 bits per heavy atom. The fraction of sp³-hybridized carbons (Fsp3) is 0.412. The van der Waals surface area contributed by atoms with Gasteiger partial charge in [0.15, 0.2) is 11.5 Å². The van der Waals surface area contributed by atoms with Crippen LogP contribution >= 0.6 is 11.6 Å². The lowest BCUT2D eigenvalue weighted by Crippen LogP contribution is -2.64. The van der Waals surface area contributed by atoms with E-state index in [0.29, 0.717) is 52.4 Å². The third-order valence-electron chi connectivity index (χ3n) is 10.0. The second-order valence-corrected chi connectivity index (χ2v) is 13.3. The number of methoxy groups -OCH3 is 1. The molecular weight excluding hydrogens is 608 g/mol. The maximum atomic E-state index is 12.0. The van der Waals surface area contributed by atoms with Crippen molar-refractivity contribution in [3.8, 4) is 23.3 Å². The van der Waals surface area contributed by atoms with Crippen LogP contribution < -0.4 is 19.1 Å². The minimum absolute atomic E-state index is 0.135. The van der Waals surface area contributed by atoms with Crippen molar-refractivity contribution < 1.29 is 24.1 Å². The number of rotatable bonds is 8. The van der Waals surface area contributed by atoms with Crippen LogP contribution in [0.5, 0.6) is 17.2 Å². The molecule has 8 rings (SSSR count). The van der Waals surface area contributed by atoms with E-state index in [0.717, 1.165) is 56.0 Å². The zero-order valence-corrected chi connectivity index (χ0v) is 26.3. The number of anilines is 1. The molecule has 1 N–H and O–H groups in total. The number of imidazole rings is 1. The minimum atomic E-state index is -1.06. The summed E-state index contributed by atoms with van der Waals surface area (Å²) in [5.74, 6) is 0.549. The van der Waals surface area contributed by atoms with Gasteiger partial charge in [-0.05, 0) is 62.1 Å². The highest BCUT2D eigenvalue weighted by atomic mass is 35.5. The van der Waals surface area contributed by atoms with Crippen molar-refractivity contribution >= 4 is 34.3 Å². The normalized spacial score (nSPS) is 24.3. The number of hydrogen-bond donors (Lipinski definition) is 1. The van der Waals surface area contributed by atoms with Crippen molar-refractivity contribution in [3.05, 3.63) is 70.8 Å². The second kappa shape index (κ2) is 10.5. The van der Waals surface area contributed by atoms with Crippen molar-refractivity contribution in [2.75, 3.05) is 25.1 Å². The Balaban J connectivity index is 1.08. The van der Waals surface area contributed by atoms with Crippen molar-refractivity contribution in [1.82, 2.24) is 19.4 Å². The summed E-state index contributed by atoms with van der Waals surface area (Å²) in [6.07, 6.45) is 5.33. The zero-order chi connectivity index (χ0) is 31.8. The Morgan fingerprint density at radius 1 is 1.17 bits per heavy atom. The number of carboxylic acids is 1. The highest BCUT2D eigenvalue weighted by Gasteiger charge is 2.48. The molecule has 1 saturated heterocycles. The number of aromatic carboxylic acids is 1. The smallest absolute Gasteiger partial charge is 0.335 e. The number of ether oxygens (including phenoxy) is 3. The summed E-state index contributed by atoms with van der Waals surface area (Å²) < 4.78 is 20.5. The van der Waals surface area contributed by atoms with E-state index < -0.39 is 17.2 Å². The van der Waals surface area contributed by atoms with E-state index in [1.54, 1.807) is 18.3 Å². The molecule has 2 aromatic carbocycles. The summed E-state index contributed by atoms with van der Waals surface area (Å²) in [4.78, 5) is 26.3. The molecule has 0 bridgehead atoms. The molecule has 0 radical (unpaired) electrons. The molecule has 12 heteroatoms. The van der Waals surface area contributed by atoms with Crippen LogP contribution in [-0.4, -0.2) is 62.8 Å². The fourth-order valence-electron chi connectivity index (χ4n) is 7.16. The van der Waals surface area contributed by atoms with Crippen LogP contribution in [0.15, 0.2) is 48.7 Å². The van der Waals surface area contributed by atoms with Crippen molar-refractivity contribution in [2.45, 2.75) is 63.6 Å². The molecular formula is C34H33ClN6O5. The maximum Gasteiger partial charge on any atom is 0.335 e. The van der Waals surface area contributed by atoms with Gasteiger partial charge in [0.25, 0.3) is 5.79 Å². The maximum absolute atomic E-state index is 12.0. The first-order valence-electron chi connectivity index (χ1n) is 15.6. The number of carboxylic acid groups (broad SMARTS) is 1. The molecule has 0 amide bonds. The highest BCUT2D eigenvalue weighted by molar-refractivity contribution is 6.30. The van der Waals surface area contributed by atoms with Crippen LogP contribution in [0.1, 0.15) is 54.5 Å².